The van der Waals surface area contributed by atoms with Crippen molar-refractivity contribution in [2.24, 2.45) is 0 Å². The molecular weight excluding hydrogens is 339 g/mol. The van der Waals surface area contributed by atoms with Gasteiger partial charge in [-0.3, -0.25) is 9.36 Å². The van der Waals surface area contributed by atoms with Crippen LogP contribution in [0.2, 0.25) is 0 Å². The molecule has 7 heteroatoms. The number of hydrogen-bond acceptors (Lipinski definition) is 5. The van der Waals surface area contributed by atoms with Crippen molar-refractivity contribution in [1.29, 1.82) is 0 Å². The maximum atomic E-state index is 13.1. The van der Waals surface area contributed by atoms with E-state index in [2.05, 4.69) is 9.97 Å². The third-order valence-electron chi connectivity index (χ3n) is 4.05. The highest BCUT2D eigenvalue weighted by molar-refractivity contribution is 7.25. The van der Waals surface area contributed by atoms with Crippen LogP contribution in [-0.4, -0.2) is 28.6 Å². The van der Waals surface area contributed by atoms with Crippen molar-refractivity contribution in [1.82, 2.24) is 14.5 Å². The highest BCUT2D eigenvalue weighted by Crippen LogP contribution is 2.36. The van der Waals surface area contributed by atoms with Crippen molar-refractivity contribution in [3.05, 3.63) is 58.5 Å². The average Bonchev–Trinajstić information content (AvgIpc) is 2.94. The molecule has 0 N–H and O–H groups in total. The monoisotopic (exact) mass is 354 g/mol. The van der Waals surface area contributed by atoms with E-state index in [9.17, 15) is 9.18 Å². The van der Waals surface area contributed by atoms with E-state index in [1.807, 2.05) is 32.0 Å². The Kier molecular flexibility index (Phi) is 3.54. The van der Waals surface area contributed by atoms with Crippen LogP contribution in [0.3, 0.4) is 0 Å². The summed E-state index contributed by atoms with van der Waals surface area (Å²) in [6.07, 6.45) is 1.49. The zero-order chi connectivity index (χ0) is 17.7. The number of halogens is 1. The Labute approximate surface area is 147 Å². The molecule has 0 fully saturated rings. The number of aryl methyl sites for hydroxylation is 1. The highest BCUT2D eigenvalue weighted by atomic mass is 32.1. The number of anilines is 1. The Morgan fingerprint density at radius 1 is 1.20 bits per heavy atom. The molecule has 126 valence electrons. The zero-order valence-corrected chi connectivity index (χ0v) is 14.8. The van der Waals surface area contributed by atoms with E-state index in [1.165, 1.54) is 34.4 Å². The highest BCUT2D eigenvalue weighted by Gasteiger charge is 2.17. The summed E-state index contributed by atoms with van der Waals surface area (Å²) in [6, 6.07) is 7.76. The molecule has 1 aromatic carbocycles. The Hall–Kier alpha value is -2.80. The summed E-state index contributed by atoms with van der Waals surface area (Å²) in [5, 5.41) is 0.888. The van der Waals surface area contributed by atoms with Gasteiger partial charge in [0.1, 0.15) is 27.2 Å². The van der Waals surface area contributed by atoms with Gasteiger partial charge in [0.15, 0.2) is 0 Å². The third kappa shape index (κ3) is 2.47. The van der Waals surface area contributed by atoms with Gasteiger partial charge in [-0.05, 0) is 37.3 Å². The molecule has 0 aliphatic carbocycles. The number of nitrogens with zero attached hydrogens (tertiary/aromatic N) is 4. The summed E-state index contributed by atoms with van der Waals surface area (Å²) in [5.74, 6) is -0.344. The van der Waals surface area contributed by atoms with Crippen LogP contribution in [-0.2, 0) is 0 Å². The zero-order valence-electron chi connectivity index (χ0n) is 13.9. The second-order valence-electron chi connectivity index (χ2n) is 6.03. The van der Waals surface area contributed by atoms with Crippen molar-refractivity contribution >= 4 is 37.5 Å². The maximum Gasteiger partial charge on any atom is 0.275 e. The fraction of sp³-hybridized carbons (Fsp3) is 0.167. The summed E-state index contributed by atoms with van der Waals surface area (Å²) >= 11 is 1.34. The predicted molar refractivity (Wildman–Crippen MR) is 99.5 cm³/mol. The van der Waals surface area contributed by atoms with Gasteiger partial charge in [0.2, 0.25) is 0 Å². The molecule has 0 saturated heterocycles. The normalized spacial score (nSPS) is 11.4. The molecule has 0 unspecified atom stereocenters. The van der Waals surface area contributed by atoms with Gasteiger partial charge in [-0.25, -0.2) is 14.4 Å². The van der Waals surface area contributed by atoms with Crippen molar-refractivity contribution < 1.29 is 4.39 Å². The Morgan fingerprint density at radius 3 is 2.60 bits per heavy atom. The summed E-state index contributed by atoms with van der Waals surface area (Å²) in [5.41, 5.74) is 2.93. The molecule has 4 rings (SSSR count). The topological polar surface area (TPSA) is 51.0 Å². The predicted octanol–water partition coefficient (Wildman–Crippen LogP) is 3.51. The molecule has 0 aliphatic heterocycles. The quantitative estimate of drug-likeness (QED) is 0.553. The van der Waals surface area contributed by atoms with E-state index >= 15 is 0 Å². The number of benzene rings is 1. The van der Waals surface area contributed by atoms with Crippen molar-refractivity contribution in [3.8, 4) is 5.69 Å². The van der Waals surface area contributed by atoms with Crippen LogP contribution in [0.1, 0.15) is 5.69 Å². The SMILES string of the molecule is Cc1cc(N(C)C)c2c(n1)sc1c(=O)n(-c3ccc(F)cc3)cnc12. The molecule has 0 saturated carbocycles. The lowest BCUT2D eigenvalue weighted by Crippen LogP contribution is -2.17. The third-order valence-corrected chi connectivity index (χ3v) is 5.11. The lowest BCUT2D eigenvalue weighted by atomic mass is 10.2. The van der Waals surface area contributed by atoms with Gasteiger partial charge in [0.05, 0.1) is 16.8 Å². The summed E-state index contributed by atoms with van der Waals surface area (Å²) in [6.45, 7) is 1.93. The van der Waals surface area contributed by atoms with Crippen LogP contribution < -0.4 is 10.5 Å². The van der Waals surface area contributed by atoms with E-state index in [1.54, 1.807) is 12.1 Å². The lowest BCUT2D eigenvalue weighted by molar-refractivity contribution is 0.627. The molecular formula is C18H15FN4OS. The molecule has 0 radical (unpaired) electrons. The van der Waals surface area contributed by atoms with Crippen molar-refractivity contribution in [3.63, 3.8) is 0 Å². The van der Waals surface area contributed by atoms with Crippen LogP contribution >= 0.6 is 11.3 Å². The van der Waals surface area contributed by atoms with Crippen LogP contribution in [0.25, 0.3) is 26.1 Å². The van der Waals surface area contributed by atoms with E-state index in [0.29, 0.717) is 15.9 Å². The number of fused-ring (bicyclic) bond motifs is 3. The summed E-state index contributed by atoms with van der Waals surface area (Å²) in [4.78, 5) is 24.8. The molecule has 5 nitrogen and oxygen atoms in total. The second kappa shape index (κ2) is 5.63. The minimum Gasteiger partial charge on any atom is -0.377 e. The van der Waals surface area contributed by atoms with Crippen LogP contribution in [0.4, 0.5) is 10.1 Å². The Bertz CT molecular complexity index is 1160. The van der Waals surface area contributed by atoms with Gasteiger partial charge in [-0.2, -0.15) is 0 Å². The number of aromatic nitrogens is 3. The first kappa shape index (κ1) is 15.7. The second-order valence-corrected chi connectivity index (χ2v) is 7.03. The minimum atomic E-state index is -0.344. The Morgan fingerprint density at radius 2 is 1.92 bits per heavy atom. The molecule has 0 atom stereocenters. The molecule has 0 spiro atoms. The van der Waals surface area contributed by atoms with E-state index in [0.717, 1.165) is 21.6 Å². The smallest absolute Gasteiger partial charge is 0.275 e. The number of thiophene rings is 1. The largest absolute Gasteiger partial charge is 0.377 e. The minimum absolute atomic E-state index is 0.179. The van der Waals surface area contributed by atoms with Gasteiger partial charge >= 0.3 is 0 Å². The van der Waals surface area contributed by atoms with E-state index in [4.69, 9.17) is 0 Å². The first-order valence-electron chi connectivity index (χ1n) is 7.70. The number of rotatable bonds is 2. The van der Waals surface area contributed by atoms with Crippen LogP contribution in [0, 0.1) is 12.7 Å². The first-order valence-corrected chi connectivity index (χ1v) is 8.52. The molecule has 4 aromatic rings. The maximum absolute atomic E-state index is 13.1. The van der Waals surface area contributed by atoms with Gasteiger partial charge in [-0.15, -0.1) is 11.3 Å². The summed E-state index contributed by atoms with van der Waals surface area (Å²) < 4.78 is 15.1. The molecule has 0 aliphatic rings. The van der Waals surface area contributed by atoms with E-state index in [-0.39, 0.29) is 11.4 Å². The number of hydrogen-bond donors (Lipinski definition) is 0. The molecule has 0 amide bonds. The first-order chi connectivity index (χ1) is 12.0. The van der Waals surface area contributed by atoms with E-state index < -0.39 is 0 Å². The molecule has 25 heavy (non-hydrogen) atoms. The fourth-order valence-electron chi connectivity index (χ4n) is 2.87. The molecule has 3 aromatic heterocycles. The van der Waals surface area contributed by atoms with Gasteiger partial charge in [0.25, 0.3) is 5.56 Å². The van der Waals surface area contributed by atoms with Gasteiger partial charge < -0.3 is 4.90 Å². The average molecular weight is 354 g/mol. The Balaban J connectivity index is 2.05. The molecule has 3 heterocycles. The molecule has 0 bridgehead atoms. The lowest BCUT2D eigenvalue weighted by Gasteiger charge is -2.14. The van der Waals surface area contributed by atoms with Crippen molar-refractivity contribution in [2.75, 3.05) is 19.0 Å². The van der Waals surface area contributed by atoms with Gasteiger partial charge in [0, 0.05) is 19.8 Å². The fourth-order valence-corrected chi connectivity index (χ4v) is 3.99. The van der Waals surface area contributed by atoms with Gasteiger partial charge in [-0.1, -0.05) is 0 Å². The van der Waals surface area contributed by atoms with Crippen LogP contribution in [0.5, 0.6) is 0 Å². The van der Waals surface area contributed by atoms with Crippen LogP contribution in [0.15, 0.2) is 41.5 Å². The number of pyridine rings is 1. The summed E-state index contributed by atoms with van der Waals surface area (Å²) in [7, 11) is 3.91. The standard InChI is InChI=1S/C18H15FN4OS/c1-10-8-13(22(2)3)14-15-16(25-17(14)21-10)18(24)23(9-20-15)12-6-4-11(19)5-7-12/h4-9H,1-3H3. The van der Waals surface area contributed by atoms with Crippen molar-refractivity contribution in [2.45, 2.75) is 6.92 Å².